The fourth-order valence-electron chi connectivity index (χ4n) is 2.68. The third-order valence-corrected chi connectivity index (χ3v) is 6.34. The molecule has 0 atom stereocenters. The summed E-state index contributed by atoms with van der Waals surface area (Å²) in [6.45, 7) is 0.111. The summed E-state index contributed by atoms with van der Waals surface area (Å²) in [5, 5.41) is 6.23. The van der Waals surface area contributed by atoms with Crippen LogP contribution in [0, 0.1) is 11.6 Å². The van der Waals surface area contributed by atoms with Gasteiger partial charge in [-0.3, -0.25) is 0 Å². The van der Waals surface area contributed by atoms with E-state index in [1.807, 2.05) is 5.38 Å². The molecule has 0 saturated heterocycles. The van der Waals surface area contributed by atoms with Crippen molar-refractivity contribution in [3.05, 3.63) is 71.2 Å². The number of sulfonamides is 1. The lowest BCUT2D eigenvalue weighted by atomic mass is 10.2. The van der Waals surface area contributed by atoms with Gasteiger partial charge in [-0.05, 0) is 30.3 Å². The van der Waals surface area contributed by atoms with Crippen LogP contribution in [-0.4, -0.2) is 29.6 Å². The summed E-state index contributed by atoms with van der Waals surface area (Å²) < 4.78 is 55.2. The van der Waals surface area contributed by atoms with Crippen LogP contribution in [-0.2, 0) is 16.4 Å². The average molecular weight is 420 g/mol. The second kappa shape index (κ2) is 7.38. The molecule has 0 unspecified atom stereocenters. The molecule has 0 aliphatic carbocycles. The number of fused-ring (bicyclic) bond motifs is 1. The molecule has 2 aromatic heterocycles. The largest absolute Gasteiger partial charge is 0.240 e. The molecule has 0 bridgehead atoms. The van der Waals surface area contributed by atoms with Gasteiger partial charge in [0.2, 0.25) is 15.0 Å². The maximum absolute atomic E-state index is 13.4. The van der Waals surface area contributed by atoms with E-state index >= 15 is 0 Å². The van der Waals surface area contributed by atoms with Gasteiger partial charge in [0, 0.05) is 23.9 Å². The normalized spacial score (nSPS) is 11.9. The zero-order chi connectivity index (χ0) is 19.7. The van der Waals surface area contributed by atoms with Crippen LogP contribution in [0.25, 0.3) is 16.3 Å². The molecule has 4 aromatic rings. The lowest BCUT2D eigenvalue weighted by Crippen LogP contribution is -2.26. The fraction of sp³-hybridized carbons (Fsp3) is 0.111. The summed E-state index contributed by atoms with van der Waals surface area (Å²) in [5.74, 6) is -0.592. The molecule has 0 spiro atoms. The molecule has 0 aliphatic heterocycles. The van der Waals surface area contributed by atoms with Crippen molar-refractivity contribution < 1.29 is 17.2 Å². The highest BCUT2D eigenvalue weighted by Crippen LogP contribution is 2.21. The minimum absolute atomic E-state index is 0.111. The first kappa shape index (κ1) is 18.7. The number of thiazole rings is 1. The fourth-order valence-corrected chi connectivity index (χ4v) is 4.60. The van der Waals surface area contributed by atoms with E-state index in [1.165, 1.54) is 41.7 Å². The van der Waals surface area contributed by atoms with Gasteiger partial charge in [0.1, 0.15) is 11.6 Å². The van der Waals surface area contributed by atoms with Crippen molar-refractivity contribution >= 4 is 26.3 Å². The SMILES string of the molecule is O=S(=O)(NCCc1csc2nc(-c3cccc(F)c3)nn12)c1cccc(F)c1. The van der Waals surface area contributed by atoms with E-state index in [0.717, 1.165) is 11.8 Å². The molecular formula is C18H14F2N4O2S2. The Morgan fingerprint density at radius 1 is 1.07 bits per heavy atom. The summed E-state index contributed by atoms with van der Waals surface area (Å²) >= 11 is 1.36. The Balaban J connectivity index is 1.50. The monoisotopic (exact) mass is 420 g/mol. The Morgan fingerprint density at radius 3 is 2.57 bits per heavy atom. The van der Waals surface area contributed by atoms with Crippen LogP contribution in [0.15, 0.2) is 58.8 Å². The van der Waals surface area contributed by atoms with Crippen LogP contribution in [0.4, 0.5) is 8.78 Å². The number of benzene rings is 2. The third kappa shape index (κ3) is 3.79. The number of hydrogen-bond acceptors (Lipinski definition) is 5. The Morgan fingerprint density at radius 2 is 1.82 bits per heavy atom. The van der Waals surface area contributed by atoms with Crippen molar-refractivity contribution in [1.29, 1.82) is 0 Å². The molecule has 2 heterocycles. The van der Waals surface area contributed by atoms with Gasteiger partial charge < -0.3 is 0 Å². The molecule has 0 radical (unpaired) electrons. The quantitative estimate of drug-likeness (QED) is 0.520. The number of nitrogens with zero attached hydrogens (tertiary/aromatic N) is 3. The number of hydrogen-bond donors (Lipinski definition) is 1. The van der Waals surface area contributed by atoms with E-state index in [0.29, 0.717) is 22.8 Å². The van der Waals surface area contributed by atoms with Gasteiger partial charge in [0.05, 0.1) is 10.6 Å². The first-order chi connectivity index (χ1) is 13.4. The summed E-state index contributed by atoms with van der Waals surface area (Å²) in [5.41, 5.74) is 1.32. The van der Waals surface area contributed by atoms with Crippen molar-refractivity contribution in [3.8, 4) is 11.4 Å². The van der Waals surface area contributed by atoms with E-state index in [-0.39, 0.29) is 17.3 Å². The van der Waals surface area contributed by atoms with E-state index < -0.39 is 15.8 Å². The van der Waals surface area contributed by atoms with Gasteiger partial charge >= 0.3 is 0 Å². The van der Waals surface area contributed by atoms with Gasteiger partial charge in [-0.25, -0.2) is 26.4 Å². The van der Waals surface area contributed by atoms with E-state index in [2.05, 4.69) is 14.8 Å². The Bertz CT molecular complexity index is 1250. The Labute approximate surface area is 163 Å². The predicted molar refractivity (Wildman–Crippen MR) is 102 cm³/mol. The molecule has 28 heavy (non-hydrogen) atoms. The third-order valence-electron chi connectivity index (χ3n) is 4.01. The van der Waals surface area contributed by atoms with E-state index in [4.69, 9.17) is 0 Å². The van der Waals surface area contributed by atoms with Gasteiger partial charge in [-0.2, -0.15) is 4.98 Å². The van der Waals surface area contributed by atoms with Gasteiger partial charge in [-0.1, -0.05) is 18.2 Å². The number of nitrogens with one attached hydrogen (secondary N) is 1. The Kier molecular flexibility index (Phi) is 4.92. The number of rotatable bonds is 6. The zero-order valence-corrected chi connectivity index (χ0v) is 16.0. The highest BCUT2D eigenvalue weighted by molar-refractivity contribution is 7.89. The minimum Gasteiger partial charge on any atom is -0.211 e. The molecule has 10 heteroatoms. The van der Waals surface area contributed by atoms with Gasteiger partial charge in [0.15, 0.2) is 5.82 Å². The van der Waals surface area contributed by atoms with E-state index in [1.54, 1.807) is 16.6 Å². The summed E-state index contributed by atoms with van der Waals surface area (Å²) in [7, 11) is -3.81. The molecule has 2 aromatic carbocycles. The van der Waals surface area contributed by atoms with Crippen LogP contribution in [0.2, 0.25) is 0 Å². The van der Waals surface area contributed by atoms with E-state index in [9.17, 15) is 17.2 Å². The lowest BCUT2D eigenvalue weighted by molar-refractivity contribution is 0.577. The first-order valence-corrected chi connectivity index (χ1v) is 10.6. The van der Waals surface area contributed by atoms with Crippen LogP contribution in [0.3, 0.4) is 0 Å². The second-order valence-corrected chi connectivity index (χ2v) is 8.58. The standard InChI is InChI=1S/C18H14F2N4O2S2/c19-13-4-1-3-12(9-13)17-22-18-24(23-17)15(11-27-18)7-8-21-28(25,26)16-6-2-5-14(20)10-16/h1-6,9-11,21H,7-8H2. The van der Waals surface area contributed by atoms with Crippen molar-refractivity contribution in [2.24, 2.45) is 0 Å². The zero-order valence-electron chi connectivity index (χ0n) is 14.3. The smallest absolute Gasteiger partial charge is 0.211 e. The molecule has 0 saturated carbocycles. The first-order valence-electron chi connectivity index (χ1n) is 8.27. The highest BCUT2D eigenvalue weighted by Gasteiger charge is 2.16. The molecule has 144 valence electrons. The van der Waals surface area contributed by atoms with Crippen LogP contribution >= 0.6 is 11.3 Å². The van der Waals surface area contributed by atoms with Crippen LogP contribution in [0.5, 0.6) is 0 Å². The van der Waals surface area contributed by atoms with Crippen LogP contribution in [0.1, 0.15) is 5.69 Å². The van der Waals surface area contributed by atoms with Crippen molar-refractivity contribution in [1.82, 2.24) is 19.3 Å². The average Bonchev–Trinajstić information content (AvgIpc) is 3.23. The summed E-state index contributed by atoms with van der Waals surface area (Å²) in [6.07, 6.45) is 0.362. The summed E-state index contributed by atoms with van der Waals surface area (Å²) in [4.78, 5) is 4.88. The number of halogens is 2. The molecule has 1 N–H and O–H groups in total. The molecule has 0 fully saturated rings. The summed E-state index contributed by atoms with van der Waals surface area (Å²) in [6, 6.07) is 10.8. The van der Waals surface area contributed by atoms with Crippen molar-refractivity contribution in [2.75, 3.05) is 6.54 Å². The maximum Gasteiger partial charge on any atom is 0.240 e. The van der Waals surface area contributed by atoms with Crippen molar-refractivity contribution in [3.63, 3.8) is 0 Å². The topological polar surface area (TPSA) is 76.4 Å². The molecule has 0 amide bonds. The molecule has 0 aliphatic rings. The number of aromatic nitrogens is 3. The second-order valence-electron chi connectivity index (χ2n) is 5.97. The van der Waals surface area contributed by atoms with Gasteiger partial charge in [-0.15, -0.1) is 16.4 Å². The Hall–Kier alpha value is -2.69. The van der Waals surface area contributed by atoms with Crippen LogP contribution < -0.4 is 4.72 Å². The minimum atomic E-state index is -3.81. The maximum atomic E-state index is 13.4. The van der Waals surface area contributed by atoms with Gasteiger partial charge in [0.25, 0.3) is 0 Å². The molecule has 6 nitrogen and oxygen atoms in total. The lowest BCUT2D eigenvalue weighted by Gasteiger charge is -2.06. The molecular weight excluding hydrogens is 406 g/mol. The predicted octanol–water partition coefficient (Wildman–Crippen LogP) is 3.26. The molecule has 4 rings (SSSR count). The highest BCUT2D eigenvalue weighted by atomic mass is 32.2. The van der Waals surface area contributed by atoms with Crippen molar-refractivity contribution in [2.45, 2.75) is 11.3 Å².